The molecule has 0 amide bonds. The smallest absolute Gasteiger partial charge is 0.0163 e. The van der Waals surface area contributed by atoms with Crippen LogP contribution >= 0.6 is 11.8 Å². The van der Waals surface area contributed by atoms with E-state index in [4.69, 9.17) is 0 Å². The Morgan fingerprint density at radius 3 is 2.23 bits per heavy atom. The minimum Gasteiger partial charge on any atom is -0.127 e. The van der Waals surface area contributed by atoms with Gasteiger partial charge in [0.05, 0.1) is 0 Å². The van der Waals surface area contributed by atoms with Crippen molar-refractivity contribution in [3.63, 3.8) is 0 Å². The third-order valence-corrected chi connectivity index (χ3v) is 7.02. The largest absolute Gasteiger partial charge is 0.127 e. The molecule has 22 heavy (non-hydrogen) atoms. The summed E-state index contributed by atoms with van der Waals surface area (Å²) in [6.45, 7) is 14.0. The van der Waals surface area contributed by atoms with Gasteiger partial charge in [0.2, 0.25) is 0 Å². The lowest BCUT2D eigenvalue weighted by atomic mass is 9.84. The fourth-order valence-electron chi connectivity index (χ4n) is 4.13. The van der Waals surface area contributed by atoms with Crippen molar-refractivity contribution < 1.29 is 0 Å². The van der Waals surface area contributed by atoms with E-state index in [0.29, 0.717) is 0 Å². The third kappa shape index (κ3) is 2.89. The summed E-state index contributed by atoms with van der Waals surface area (Å²) in [5.41, 5.74) is 4.79. The van der Waals surface area contributed by atoms with Gasteiger partial charge >= 0.3 is 0 Å². The standard InChI is InChI=1S/C21H30S/c1-13(2)16-11-18-19(12-16)22-14(3)20(18)15-7-9-17(10-8-15)21(4,5)6/h7-10,13,16,18-19H,11-12H2,1-6H3. The molecule has 1 fully saturated rings. The molecule has 1 heterocycles. The van der Waals surface area contributed by atoms with Gasteiger partial charge in [0.15, 0.2) is 0 Å². The summed E-state index contributed by atoms with van der Waals surface area (Å²) in [5, 5.41) is 0.838. The molecule has 3 rings (SSSR count). The molecule has 0 radical (unpaired) electrons. The number of hydrogen-bond acceptors (Lipinski definition) is 1. The van der Waals surface area contributed by atoms with Crippen LogP contribution in [0.5, 0.6) is 0 Å². The molecule has 0 N–H and O–H groups in total. The molecule has 1 aliphatic heterocycles. The molecule has 120 valence electrons. The van der Waals surface area contributed by atoms with Gasteiger partial charge < -0.3 is 0 Å². The summed E-state index contributed by atoms with van der Waals surface area (Å²) >= 11 is 2.15. The number of benzene rings is 1. The lowest BCUT2D eigenvalue weighted by molar-refractivity contribution is 0.390. The fraction of sp³-hybridized carbons (Fsp3) is 0.619. The first kappa shape index (κ1) is 16.2. The van der Waals surface area contributed by atoms with Crippen molar-refractivity contribution in [1.82, 2.24) is 0 Å². The van der Waals surface area contributed by atoms with Crippen LogP contribution in [-0.4, -0.2) is 5.25 Å². The summed E-state index contributed by atoms with van der Waals surface area (Å²) in [7, 11) is 0. The van der Waals surface area contributed by atoms with E-state index in [-0.39, 0.29) is 5.41 Å². The Kier molecular flexibility index (Phi) is 4.22. The molecule has 1 heteroatoms. The average Bonchev–Trinajstić information content (AvgIpc) is 2.94. The molecular formula is C21H30S. The highest BCUT2D eigenvalue weighted by molar-refractivity contribution is 8.04. The SMILES string of the molecule is CC1=C(c2ccc(C(C)(C)C)cc2)C2CC(C(C)C)CC2S1. The van der Waals surface area contributed by atoms with Gasteiger partial charge in [0.25, 0.3) is 0 Å². The molecule has 1 aromatic carbocycles. The normalized spacial score (nSPS) is 28.6. The molecule has 0 spiro atoms. The van der Waals surface area contributed by atoms with E-state index in [1.165, 1.54) is 24.0 Å². The van der Waals surface area contributed by atoms with Crippen LogP contribution in [0.3, 0.4) is 0 Å². The number of thioether (sulfide) groups is 1. The first-order valence-electron chi connectivity index (χ1n) is 8.75. The molecule has 3 unspecified atom stereocenters. The predicted octanol–water partition coefficient (Wildman–Crippen LogP) is 6.51. The van der Waals surface area contributed by atoms with Crippen LogP contribution in [0.1, 0.15) is 65.5 Å². The van der Waals surface area contributed by atoms with Gasteiger partial charge in [0.1, 0.15) is 0 Å². The maximum absolute atomic E-state index is 2.39. The second-order valence-corrected chi connectivity index (χ2v) is 9.99. The first-order valence-corrected chi connectivity index (χ1v) is 9.63. The maximum Gasteiger partial charge on any atom is 0.0163 e. The first-order chi connectivity index (χ1) is 10.3. The summed E-state index contributed by atoms with van der Waals surface area (Å²) in [4.78, 5) is 1.57. The van der Waals surface area contributed by atoms with Crippen LogP contribution in [-0.2, 0) is 5.41 Å². The van der Waals surface area contributed by atoms with Gasteiger partial charge in [-0.3, -0.25) is 0 Å². The minimum atomic E-state index is 0.241. The van der Waals surface area contributed by atoms with Crippen LogP contribution in [0.2, 0.25) is 0 Å². The van der Waals surface area contributed by atoms with E-state index < -0.39 is 0 Å². The Morgan fingerprint density at radius 1 is 1.05 bits per heavy atom. The molecule has 1 saturated carbocycles. The zero-order chi connectivity index (χ0) is 16.1. The zero-order valence-corrected chi connectivity index (χ0v) is 15.8. The highest BCUT2D eigenvalue weighted by atomic mass is 32.2. The molecular weight excluding hydrogens is 284 g/mol. The Balaban J connectivity index is 1.86. The van der Waals surface area contributed by atoms with Gasteiger partial charge in [0, 0.05) is 5.25 Å². The summed E-state index contributed by atoms with van der Waals surface area (Å²) in [5.74, 6) is 2.54. The molecule has 0 aromatic heterocycles. The molecule has 0 nitrogen and oxygen atoms in total. The lowest BCUT2D eigenvalue weighted by Gasteiger charge is -2.21. The molecule has 3 atom stereocenters. The second kappa shape index (κ2) is 5.74. The van der Waals surface area contributed by atoms with Gasteiger partial charge in [-0.25, -0.2) is 0 Å². The Hall–Kier alpha value is -0.690. The Bertz CT molecular complexity index is 571. The molecule has 1 aliphatic carbocycles. The van der Waals surface area contributed by atoms with Gasteiger partial charge in [-0.2, -0.15) is 0 Å². The second-order valence-electron chi connectivity index (χ2n) is 8.54. The van der Waals surface area contributed by atoms with Crippen molar-refractivity contribution in [3.05, 3.63) is 40.3 Å². The Morgan fingerprint density at radius 2 is 1.68 bits per heavy atom. The van der Waals surface area contributed by atoms with E-state index in [1.54, 1.807) is 10.5 Å². The van der Waals surface area contributed by atoms with E-state index in [2.05, 4.69) is 77.6 Å². The van der Waals surface area contributed by atoms with Crippen LogP contribution in [0.15, 0.2) is 29.2 Å². The Labute approximate surface area is 140 Å². The molecule has 2 aliphatic rings. The van der Waals surface area contributed by atoms with Crippen molar-refractivity contribution in [2.75, 3.05) is 0 Å². The van der Waals surface area contributed by atoms with Crippen molar-refractivity contribution in [2.24, 2.45) is 17.8 Å². The van der Waals surface area contributed by atoms with Crippen LogP contribution in [0, 0.1) is 17.8 Å². The van der Waals surface area contributed by atoms with E-state index in [0.717, 1.165) is 23.0 Å². The quantitative estimate of drug-likeness (QED) is 0.599. The summed E-state index contributed by atoms with van der Waals surface area (Å²) in [6, 6.07) is 9.40. The highest BCUT2D eigenvalue weighted by Gasteiger charge is 2.42. The number of allylic oxidation sites excluding steroid dienone is 2. The van der Waals surface area contributed by atoms with Gasteiger partial charge in [-0.15, -0.1) is 11.8 Å². The monoisotopic (exact) mass is 314 g/mol. The van der Waals surface area contributed by atoms with Gasteiger partial charge in [-0.1, -0.05) is 58.9 Å². The van der Waals surface area contributed by atoms with Gasteiger partial charge in [-0.05, 0) is 64.5 Å². The predicted molar refractivity (Wildman–Crippen MR) is 100 cm³/mol. The summed E-state index contributed by atoms with van der Waals surface area (Å²) in [6.07, 6.45) is 2.80. The topological polar surface area (TPSA) is 0 Å². The van der Waals surface area contributed by atoms with E-state index >= 15 is 0 Å². The fourth-order valence-corrected chi connectivity index (χ4v) is 5.74. The molecule has 0 bridgehead atoms. The van der Waals surface area contributed by atoms with Crippen molar-refractivity contribution in [3.8, 4) is 0 Å². The average molecular weight is 315 g/mol. The number of fused-ring (bicyclic) bond motifs is 1. The van der Waals surface area contributed by atoms with E-state index in [1.807, 2.05) is 0 Å². The van der Waals surface area contributed by atoms with Crippen LogP contribution in [0.25, 0.3) is 5.57 Å². The third-order valence-electron chi connectivity index (χ3n) is 5.62. The van der Waals surface area contributed by atoms with Crippen LogP contribution in [0.4, 0.5) is 0 Å². The number of rotatable bonds is 2. The highest BCUT2D eigenvalue weighted by Crippen LogP contribution is 2.56. The minimum absolute atomic E-state index is 0.241. The number of hydrogen-bond donors (Lipinski definition) is 0. The lowest BCUT2D eigenvalue weighted by Crippen LogP contribution is -2.11. The molecule has 1 aromatic rings. The van der Waals surface area contributed by atoms with E-state index in [9.17, 15) is 0 Å². The van der Waals surface area contributed by atoms with Crippen molar-refractivity contribution >= 4 is 17.3 Å². The maximum atomic E-state index is 2.39. The summed E-state index contributed by atoms with van der Waals surface area (Å²) < 4.78 is 0. The van der Waals surface area contributed by atoms with Crippen LogP contribution < -0.4 is 0 Å². The molecule has 0 saturated heterocycles. The zero-order valence-electron chi connectivity index (χ0n) is 14.9. The van der Waals surface area contributed by atoms with Crippen molar-refractivity contribution in [1.29, 1.82) is 0 Å². The van der Waals surface area contributed by atoms with Crippen molar-refractivity contribution in [2.45, 2.75) is 65.0 Å².